The molecule has 1 unspecified atom stereocenters. The number of benzene rings is 2. The van der Waals surface area contributed by atoms with E-state index in [9.17, 15) is 9.90 Å². The maximum Gasteiger partial charge on any atom is 0.317 e. The third-order valence-corrected chi connectivity index (χ3v) is 5.43. The van der Waals surface area contributed by atoms with Gasteiger partial charge in [-0.25, -0.2) is 4.79 Å². The molecule has 1 atom stereocenters. The van der Waals surface area contributed by atoms with Gasteiger partial charge in [0.25, 0.3) is 0 Å². The fourth-order valence-corrected chi connectivity index (χ4v) is 3.97. The molecule has 2 aliphatic rings. The summed E-state index contributed by atoms with van der Waals surface area (Å²) in [6.45, 7) is 2.91. The van der Waals surface area contributed by atoms with E-state index < -0.39 is 0 Å². The Labute approximate surface area is 159 Å². The number of ether oxygens (including phenoxy) is 1. The molecule has 2 amide bonds. The number of anilines is 1. The van der Waals surface area contributed by atoms with Crippen molar-refractivity contribution in [1.29, 1.82) is 0 Å². The number of rotatable bonds is 3. The molecule has 2 heterocycles. The zero-order valence-electron chi connectivity index (χ0n) is 15.5. The Balaban J connectivity index is 1.37. The van der Waals surface area contributed by atoms with Crippen molar-refractivity contribution in [3.8, 4) is 11.5 Å². The maximum absolute atomic E-state index is 12.7. The van der Waals surface area contributed by atoms with Gasteiger partial charge in [0.15, 0.2) is 0 Å². The summed E-state index contributed by atoms with van der Waals surface area (Å²) in [5.74, 6) is 1.11. The molecule has 142 valence electrons. The molecule has 2 aromatic carbocycles. The number of hydrogen-bond donors (Lipinski definition) is 2. The summed E-state index contributed by atoms with van der Waals surface area (Å²) >= 11 is 0. The quantitative estimate of drug-likeness (QED) is 0.876. The second-order valence-electron chi connectivity index (χ2n) is 7.18. The fourth-order valence-electron chi connectivity index (χ4n) is 3.97. The van der Waals surface area contributed by atoms with E-state index in [1.165, 1.54) is 5.56 Å². The summed E-state index contributed by atoms with van der Waals surface area (Å²) < 4.78 is 5.45. The lowest BCUT2D eigenvalue weighted by atomic mass is 10.00. The predicted molar refractivity (Wildman–Crippen MR) is 104 cm³/mol. The average Bonchev–Trinajstić information content (AvgIpc) is 3.15. The molecule has 1 fully saturated rings. The van der Waals surface area contributed by atoms with E-state index in [1.54, 1.807) is 19.2 Å². The van der Waals surface area contributed by atoms with Crippen molar-refractivity contribution in [2.75, 3.05) is 31.6 Å². The van der Waals surface area contributed by atoms with E-state index in [2.05, 4.69) is 16.3 Å². The summed E-state index contributed by atoms with van der Waals surface area (Å²) in [4.78, 5) is 16.8. The first kappa shape index (κ1) is 17.5. The Morgan fingerprint density at radius 2 is 2.04 bits per heavy atom. The molecule has 0 aliphatic carbocycles. The Hall–Kier alpha value is -2.89. The zero-order valence-corrected chi connectivity index (χ0v) is 15.5. The van der Waals surface area contributed by atoms with Crippen molar-refractivity contribution in [3.63, 3.8) is 0 Å². The summed E-state index contributed by atoms with van der Waals surface area (Å²) in [5.41, 5.74) is 3.30. The zero-order chi connectivity index (χ0) is 18.8. The number of phenolic OH excluding ortho intramolecular Hbond substituents is 1. The molecule has 0 aromatic heterocycles. The molecule has 0 spiro atoms. The lowest BCUT2D eigenvalue weighted by Crippen LogP contribution is -2.47. The third-order valence-electron chi connectivity index (χ3n) is 5.43. The highest BCUT2D eigenvalue weighted by molar-refractivity contribution is 5.75. The van der Waals surface area contributed by atoms with Gasteiger partial charge in [-0.2, -0.15) is 0 Å². The molecule has 0 radical (unpaired) electrons. The highest BCUT2D eigenvalue weighted by atomic mass is 16.5. The Morgan fingerprint density at radius 3 is 2.89 bits per heavy atom. The predicted octanol–water partition coefficient (Wildman–Crippen LogP) is 2.75. The van der Waals surface area contributed by atoms with Crippen molar-refractivity contribution < 1.29 is 14.6 Å². The van der Waals surface area contributed by atoms with Gasteiger partial charge >= 0.3 is 6.03 Å². The van der Waals surface area contributed by atoms with Crippen LogP contribution in [0.4, 0.5) is 10.5 Å². The van der Waals surface area contributed by atoms with Gasteiger partial charge < -0.3 is 25.0 Å². The van der Waals surface area contributed by atoms with Crippen LogP contribution in [0.25, 0.3) is 0 Å². The van der Waals surface area contributed by atoms with Crippen LogP contribution in [0.1, 0.15) is 17.5 Å². The van der Waals surface area contributed by atoms with E-state index in [4.69, 9.17) is 4.74 Å². The van der Waals surface area contributed by atoms with Crippen LogP contribution in [0.15, 0.2) is 42.5 Å². The van der Waals surface area contributed by atoms with Gasteiger partial charge in [-0.3, -0.25) is 0 Å². The summed E-state index contributed by atoms with van der Waals surface area (Å²) in [5, 5.41) is 12.9. The topological polar surface area (TPSA) is 65.0 Å². The molecule has 27 heavy (non-hydrogen) atoms. The monoisotopic (exact) mass is 367 g/mol. The summed E-state index contributed by atoms with van der Waals surface area (Å²) in [6, 6.07) is 13.5. The molecular formula is C21H25N3O3. The standard InChI is InChI=1S/C21H25N3O3/c1-27-20-5-3-2-4-19(20)23-11-9-17(14-23)22-21(26)24-10-8-15-6-7-18(25)12-16(15)13-24/h2-7,12,17,25H,8-11,13-14H2,1H3,(H,22,26). The van der Waals surface area contributed by atoms with Crippen LogP contribution in [-0.4, -0.2) is 48.8 Å². The Kier molecular flexibility index (Phi) is 4.79. The number of methoxy groups -OCH3 is 1. The number of carbonyl (C=O) groups excluding carboxylic acids is 1. The fraction of sp³-hybridized carbons (Fsp3) is 0.381. The second-order valence-corrected chi connectivity index (χ2v) is 7.18. The SMILES string of the molecule is COc1ccccc1N1CCC(NC(=O)N2CCc3ccc(O)cc3C2)C1. The molecule has 0 saturated carbocycles. The minimum atomic E-state index is -0.0316. The highest BCUT2D eigenvalue weighted by Crippen LogP contribution is 2.30. The first-order valence-corrected chi connectivity index (χ1v) is 9.38. The van der Waals surface area contributed by atoms with Crippen molar-refractivity contribution in [2.24, 2.45) is 0 Å². The third kappa shape index (κ3) is 3.65. The molecule has 2 aliphatic heterocycles. The molecule has 4 rings (SSSR count). The number of phenols is 1. The van der Waals surface area contributed by atoms with Gasteiger partial charge in [0.1, 0.15) is 11.5 Å². The average molecular weight is 367 g/mol. The van der Waals surface area contributed by atoms with Crippen molar-refractivity contribution in [3.05, 3.63) is 53.6 Å². The number of fused-ring (bicyclic) bond motifs is 1. The number of nitrogens with one attached hydrogen (secondary N) is 1. The molecule has 6 nitrogen and oxygen atoms in total. The number of hydrogen-bond acceptors (Lipinski definition) is 4. The van der Waals surface area contributed by atoms with Crippen molar-refractivity contribution >= 4 is 11.7 Å². The normalized spacial score (nSPS) is 18.9. The van der Waals surface area contributed by atoms with Crippen LogP contribution in [-0.2, 0) is 13.0 Å². The molecule has 2 aromatic rings. The summed E-state index contributed by atoms with van der Waals surface area (Å²) in [7, 11) is 1.68. The van der Waals surface area contributed by atoms with Crippen LogP contribution in [0.2, 0.25) is 0 Å². The molecule has 6 heteroatoms. The van der Waals surface area contributed by atoms with Gasteiger partial charge in [-0.15, -0.1) is 0 Å². The van der Waals surface area contributed by atoms with Crippen LogP contribution < -0.4 is 15.0 Å². The van der Waals surface area contributed by atoms with Crippen LogP contribution in [0.3, 0.4) is 0 Å². The maximum atomic E-state index is 12.7. The van der Waals surface area contributed by atoms with Crippen molar-refractivity contribution in [1.82, 2.24) is 10.2 Å². The van der Waals surface area contributed by atoms with E-state index in [0.717, 1.165) is 42.9 Å². The number of para-hydroxylation sites is 2. The molecule has 1 saturated heterocycles. The number of nitrogens with zero attached hydrogens (tertiary/aromatic N) is 2. The Morgan fingerprint density at radius 1 is 1.19 bits per heavy atom. The molecular weight excluding hydrogens is 342 g/mol. The van der Waals surface area contributed by atoms with Crippen LogP contribution in [0, 0.1) is 0 Å². The van der Waals surface area contributed by atoms with E-state index >= 15 is 0 Å². The highest BCUT2D eigenvalue weighted by Gasteiger charge is 2.28. The number of amides is 2. The van der Waals surface area contributed by atoms with Gasteiger partial charge in [0.05, 0.1) is 12.8 Å². The van der Waals surface area contributed by atoms with Crippen molar-refractivity contribution in [2.45, 2.75) is 25.4 Å². The first-order valence-electron chi connectivity index (χ1n) is 9.38. The van der Waals surface area contributed by atoms with Gasteiger partial charge in [-0.05, 0) is 48.2 Å². The first-order chi connectivity index (χ1) is 13.1. The van der Waals surface area contributed by atoms with Gasteiger partial charge in [-0.1, -0.05) is 18.2 Å². The minimum absolute atomic E-state index is 0.0316. The number of carbonyl (C=O) groups is 1. The second kappa shape index (κ2) is 7.39. The molecule has 2 N–H and O–H groups in total. The number of aromatic hydroxyl groups is 1. The lowest BCUT2D eigenvalue weighted by molar-refractivity contribution is 0.189. The van der Waals surface area contributed by atoms with Gasteiger partial charge in [0.2, 0.25) is 0 Å². The van der Waals surface area contributed by atoms with Gasteiger partial charge in [0, 0.05) is 32.2 Å². The minimum Gasteiger partial charge on any atom is -0.508 e. The van der Waals surface area contributed by atoms with E-state index in [-0.39, 0.29) is 17.8 Å². The smallest absolute Gasteiger partial charge is 0.317 e. The van der Waals surface area contributed by atoms with Crippen LogP contribution >= 0.6 is 0 Å². The largest absolute Gasteiger partial charge is 0.508 e. The lowest BCUT2D eigenvalue weighted by Gasteiger charge is -2.30. The van der Waals surface area contributed by atoms with E-state index in [1.807, 2.05) is 29.2 Å². The molecule has 0 bridgehead atoms. The number of urea groups is 1. The van der Waals surface area contributed by atoms with E-state index in [0.29, 0.717) is 13.1 Å². The Bertz CT molecular complexity index is 839. The summed E-state index contributed by atoms with van der Waals surface area (Å²) in [6.07, 6.45) is 1.73. The van der Waals surface area contributed by atoms with Crippen LogP contribution in [0.5, 0.6) is 11.5 Å².